The standard InChI is InChI=1S/C9H13FN2O5S2/c1-5-8(10)6(18(13,14)12(2)3)4-7(9(5)11)19(15,16)17/h4H,11H2,1-3H3,(H,15,16,17). The summed E-state index contributed by atoms with van der Waals surface area (Å²) in [7, 11) is -6.64. The number of rotatable bonds is 3. The molecule has 0 aliphatic carbocycles. The number of nitrogen functional groups attached to an aromatic ring is 1. The SMILES string of the molecule is Cc1c(N)c(S(=O)(=O)O)cc(S(=O)(=O)N(C)C)c1F. The summed E-state index contributed by atoms with van der Waals surface area (Å²) in [5.41, 5.74) is 4.48. The van der Waals surface area contributed by atoms with Gasteiger partial charge in [-0.25, -0.2) is 17.1 Å². The van der Waals surface area contributed by atoms with Gasteiger partial charge < -0.3 is 5.73 Å². The smallest absolute Gasteiger partial charge is 0.296 e. The van der Waals surface area contributed by atoms with E-state index >= 15 is 0 Å². The molecule has 0 saturated heterocycles. The molecule has 7 nitrogen and oxygen atoms in total. The van der Waals surface area contributed by atoms with Gasteiger partial charge in [0.1, 0.15) is 15.6 Å². The van der Waals surface area contributed by atoms with Gasteiger partial charge >= 0.3 is 0 Å². The number of nitrogens with zero attached hydrogens (tertiary/aromatic N) is 1. The number of nitrogens with two attached hydrogens (primary N) is 1. The van der Waals surface area contributed by atoms with Gasteiger partial charge in [0.05, 0.1) is 5.69 Å². The first-order valence-corrected chi connectivity index (χ1v) is 7.77. The molecule has 108 valence electrons. The number of benzene rings is 1. The summed E-state index contributed by atoms with van der Waals surface area (Å²) in [6.45, 7) is 1.12. The van der Waals surface area contributed by atoms with Crippen LogP contribution in [0.2, 0.25) is 0 Å². The lowest BCUT2D eigenvalue weighted by Gasteiger charge is -2.15. The van der Waals surface area contributed by atoms with Gasteiger partial charge in [0.15, 0.2) is 0 Å². The van der Waals surface area contributed by atoms with Crippen LogP contribution in [0.25, 0.3) is 0 Å². The van der Waals surface area contributed by atoms with Crippen LogP contribution in [-0.4, -0.2) is 39.8 Å². The predicted molar refractivity (Wildman–Crippen MR) is 66.2 cm³/mol. The molecular weight excluding hydrogens is 299 g/mol. The molecule has 0 radical (unpaired) electrons. The maximum absolute atomic E-state index is 13.9. The topological polar surface area (TPSA) is 118 Å². The van der Waals surface area contributed by atoms with Crippen molar-refractivity contribution in [3.05, 3.63) is 17.4 Å². The normalized spacial score (nSPS) is 12.9. The van der Waals surface area contributed by atoms with Crippen LogP contribution in [0.4, 0.5) is 10.1 Å². The molecule has 0 aliphatic rings. The summed E-state index contributed by atoms with van der Waals surface area (Å²) in [4.78, 5) is -1.70. The van der Waals surface area contributed by atoms with Crippen molar-refractivity contribution in [3.8, 4) is 0 Å². The van der Waals surface area contributed by atoms with Crippen molar-refractivity contribution in [1.82, 2.24) is 4.31 Å². The number of sulfonamides is 1. The van der Waals surface area contributed by atoms with Gasteiger partial charge in [0.2, 0.25) is 10.0 Å². The molecular formula is C9H13FN2O5S2. The van der Waals surface area contributed by atoms with Gasteiger partial charge in [-0.3, -0.25) is 4.55 Å². The first-order valence-electron chi connectivity index (χ1n) is 4.89. The molecule has 10 heteroatoms. The largest absolute Gasteiger partial charge is 0.397 e. The molecule has 0 amide bonds. The first-order chi connectivity index (χ1) is 8.40. The fourth-order valence-corrected chi connectivity index (χ4v) is 3.16. The molecule has 0 spiro atoms. The van der Waals surface area contributed by atoms with E-state index in [2.05, 4.69) is 0 Å². The van der Waals surface area contributed by atoms with Crippen molar-refractivity contribution in [3.63, 3.8) is 0 Å². The van der Waals surface area contributed by atoms with Crippen molar-refractivity contribution in [2.75, 3.05) is 19.8 Å². The van der Waals surface area contributed by atoms with E-state index in [1.54, 1.807) is 0 Å². The minimum Gasteiger partial charge on any atom is -0.397 e. The Morgan fingerprint density at radius 1 is 1.21 bits per heavy atom. The van der Waals surface area contributed by atoms with E-state index in [0.29, 0.717) is 6.07 Å². The molecule has 0 fully saturated rings. The number of halogens is 1. The highest BCUT2D eigenvalue weighted by atomic mass is 32.2. The third-order valence-corrected chi connectivity index (χ3v) is 5.22. The van der Waals surface area contributed by atoms with Gasteiger partial charge in [0.25, 0.3) is 10.1 Å². The molecule has 1 aromatic carbocycles. The highest BCUT2D eigenvalue weighted by molar-refractivity contribution is 7.89. The van der Waals surface area contributed by atoms with Gasteiger partial charge in [-0.1, -0.05) is 0 Å². The average molecular weight is 312 g/mol. The molecule has 19 heavy (non-hydrogen) atoms. The Bertz CT molecular complexity index is 725. The molecule has 3 N–H and O–H groups in total. The molecule has 0 unspecified atom stereocenters. The molecule has 0 aromatic heterocycles. The number of hydrogen-bond acceptors (Lipinski definition) is 5. The zero-order valence-corrected chi connectivity index (χ0v) is 12.0. The van der Waals surface area contributed by atoms with Gasteiger partial charge in [-0.05, 0) is 13.0 Å². The fourth-order valence-electron chi connectivity index (χ4n) is 1.35. The zero-order chi connectivity index (χ0) is 15.2. The van der Waals surface area contributed by atoms with Crippen LogP contribution in [-0.2, 0) is 20.1 Å². The van der Waals surface area contributed by atoms with E-state index in [1.807, 2.05) is 0 Å². The maximum atomic E-state index is 13.9. The highest BCUT2D eigenvalue weighted by Crippen LogP contribution is 2.30. The minimum absolute atomic E-state index is 0.365. The molecule has 0 atom stereocenters. The Balaban J connectivity index is 3.86. The Morgan fingerprint density at radius 3 is 2.05 bits per heavy atom. The van der Waals surface area contributed by atoms with Crippen molar-refractivity contribution in [2.45, 2.75) is 16.7 Å². The van der Waals surface area contributed by atoms with Crippen LogP contribution in [0, 0.1) is 12.7 Å². The molecule has 0 saturated carbocycles. The lowest BCUT2D eigenvalue weighted by molar-refractivity contribution is 0.482. The van der Waals surface area contributed by atoms with E-state index in [1.165, 1.54) is 0 Å². The average Bonchev–Trinajstić information content (AvgIpc) is 2.23. The van der Waals surface area contributed by atoms with Crippen molar-refractivity contribution in [1.29, 1.82) is 0 Å². The second-order valence-electron chi connectivity index (χ2n) is 3.99. The molecule has 1 aromatic rings. The predicted octanol–water partition coefficient (Wildman–Crippen LogP) is 0.213. The van der Waals surface area contributed by atoms with E-state index in [-0.39, 0.29) is 5.56 Å². The van der Waals surface area contributed by atoms with Crippen LogP contribution in [0.5, 0.6) is 0 Å². The Hall–Kier alpha value is -1.23. The van der Waals surface area contributed by atoms with Crippen LogP contribution in [0.1, 0.15) is 5.56 Å². The summed E-state index contributed by atoms with van der Waals surface area (Å²) < 4.78 is 69.6. The summed E-state index contributed by atoms with van der Waals surface area (Å²) in [6.07, 6.45) is 0. The lowest BCUT2D eigenvalue weighted by atomic mass is 10.2. The van der Waals surface area contributed by atoms with E-state index in [4.69, 9.17) is 10.3 Å². The summed E-state index contributed by atoms with van der Waals surface area (Å²) >= 11 is 0. The Morgan fingerprint density at radius 2 is 1.68 bits per heavy atom. The van der Waals surface area contributed by atoms with Gasteiger partial charge in [0, 0.05) is 19.7 Å². The van der Waals surface area contributed by atoms with Crippen LogP contribution >= 0.6 is 0 Å². The van der Waals surface area contributed by atoms with Crippen LogP contribution in [0.15, 0.2) is 15.9 Å². The lowest BCUT2D eigenvalue weighted by Crippen LogP contribution is -2.24. The monoisotopic (exact) mass is 312 g/mol. The minimum atomic E-state index is -4.76. The van der Waals surface area contributed by atoms with Crippen LogP contribution in [0.3, 0.4) is 0 Å². The van der Waals surface area contributed by atoms with E-state index in [0.717, 1.165) is 25.3 Å². The van der Waals surface area contributed by atoms with Crippen molar-refractivity contribution < 1.29 is 25.8 Å². The van der Waals surface area contributed by atoms with Gasteiger partial charge in [-0.15, -0.1) is 0 Å². The number of hydrogen-bond donors (Lipinski definition) is 2. The Labute approximate surface area is 110 Å². The summed E-state index contributed by atoms with van der Waals surface area (Å²) in [5, 5.41) is 0. The van der Waals surface area contributed by atoms with Crippen molar-refractivity contribution in [2.24, 2.45) is 0 Å². The fraction of sp³-hybridized carbons (Fsp3) is 0.333. The molecule has 1 rings (SSSR count). The number of anilines is 1. The second-order valence-corrected chi connectivity index (χ2v) is 7.50. The summed E-state index contributed by atoms with van der Waals surface area (Å²) in [5.74, 6) is -1.15. The maximum Gasteiger partial charge on any atom is 0.296 e. The summed E-state index contributed by atoms with van der Waals surface area (Å²) in [6, 6.07) is 0.502. The highest BCUT2D eigenvalue weighted by Gasteiger charge is 2.28. The van der Waals surface area contributed by atoms with E-state index in [9.17, 15) is 21.2 Å². The van der Waals surface area contributed by atoms with Crippen molar-refractivity contribution >= 4 is 25.8 Å². The molecule has 0 aliphatic heterocycles. The second kappa shape index (κ2) is 4.71. The van der Waals surface area contributed by atoms with Gasteiger partial charge in [-0.2, -0.15) is 8.42 Å². The zero-order valence-electron chi connectivity index (χ0n) is 10.4. The van der Waals surface area contributed by atoms with Crippen LogP contribution < -0.4 is 5.73 Å². The quantitative estimate of drug-likeness (QED) is 0.608. The molecule has 0 bridgehead atoms. The first kappa shape index (κ1) is 15.8. The third kappa shape index (κ3) is 2.71. The Kier molecular flexibility index (Phi) is 3.92. The third-order valence-electron chi connectivity index (χ3n) is 2.51. The van der Waals surface area contributed by atoms with E-state index < -0.39 is 41.4 Å². The molecule has 0 heterocycles.